The third kappa shape index (κ3) is 2.23. The van der Waals surface area contributed by atoms with Gasteiger partial charge in [-0.1, -0.05) is 13.3 Å². The third-order valence-corrected chi connectivity index (χ3v) is 2.77. The summed E-state index contributed by atoms with van der Waals surface area (Å²) in [6.07, 6.45) is 2.08. The second kappa shape index (κ2) is 3.00. The van der Waals surface area contributed by atoms with Gasteiger partial charge in [0.05, 0.1) is 5.41 Å². The Bertz CT molecular complexity index is 215. The molecule has 0 aromatic carbocycles. The van der Waals surface area contributed by atoms with Crippen molar-refractivity contribution in [2.75, 3.05) is 0 Å². The Morgan fingerprint density at radius 1 is 1.54 bits per heavy atom. The smallest absolute Gasteiger partial charge is 0.312 e. The average molecular weight is 184 g/mol. The minimum Gasteiger partial charge on any atom is -0.460 e. The molecule has 2 nitrogen and oxygen atoms in total. The van der Waals surface area contributed by atoms with Crippen molar-refractivity contribution in [3.63, 3.8) is 0 Å². The summed E-state index contributed by atoms with van der Waals surface area (Å²) in [7, 11) is 0. The van der Waals surface area contributed by atoms with Crippen LogP contribution in [0.15, 0.2) is 0 Å². The highest BCUT2D eigenvalue weighted by Crippen LogP contribution is 2.55. The fourth-order valence-corrected chi connectivity index (χ4v) is 1.69. The average Bonchev–Trinajstić information content (AvgIpc) is 2.60. The highest BCUT2D eigenvalue weighted by molar-refractivity contribution is 5.80. The summed E-state index contributed by atoms with van der Waals surface area (Å²) >= 11 is 0. The number of rotatable bonds is 2. The lowest BCUT2D eigenvalue weighted by Crippen LogP contribution is -2.29. The molecule has 13 heavy (non-hydrogen) atoms. The highest BCUT2D eigenvalue weighted by Gasteiger charge is 2.56. The van der Waals surface area contributed by atoms with Crippen LogP contribution in [0, 0.1) is 11.3 Å². The summed E-state index contributed by atoms with van der Waals surface area (Å²) in [5.41, 5.74) is -0.525. The normalized spacial score (nSPS) is 32.8. The lowest BCUT2D eigenvalue weighted by Gasteiger charge is -2.22. The Morgan fingerprint density at radius 2 is 2.08 bits per heavy atom. The van der Waals surface area contributed by atoms with Gasteiger partial charge < -0.3 is 4.74 Å². The van der Waals surface area contributed by atoms with E-state index in [1.807, 2.05) is 27.7 Å². The van der Waals surface area contributed by atoms with Crippen molar-refractivity contribution < 1.29 is 9.53 Å². The zero-order chi connectivity index (χ0) is 10.3. The maximum absolute atomic E-state index is 11.7. The molecule has 0 aromatic rings. The molecule has 1 aliphatic rings. The predicted molar refractivity (Wildman–Crippen MR) is 52.4 cm³/mol. The fourth-order valence-electron chi connectivity index (χ4n) is 1.69. The van der Waals surface area contributed by atoms with Crippen molar-refractivity contribution >= 4 is 5.97 Å². The van der Waals surface area contributed by atoms with Gasteiger partial charge in [0.2, 0.25) is 0 Å². The SMILES string of the molecule is CC[C@H]1C[C@]1(C)C(=O)OC(C)(C)C. The number of ether oxygens (including phenoxy) is 1. The van der Waals surface area contributed by atoms with Gasteiger partial charge in [0.1, 0.15) is 5.60 Å². The van der Waals surface area contributed by atoms with Gasteiger partial charge in [0.25, 0.3) is 0 Å². The minimum absolute atomic E-state index is 0.0214. The Hall–Kier alpha value is -0.530. The van der Waals surface area contributed by atoms with Crippen LogP contribution in [0.4, 0.5) is 0 Å². The van der Waals surface area contributed by atoms with Gasteiger partial charge in [0.15, 0.2) is 0 Å². The van der Waals surface area contributed by atoms with E-state index in [4.69, 9.17) is 4.74 Å². The van der Waals surface area contributed by atoms with Crippen LogP contribution in [0.1, 0.15) is 47.5 Å². The van der Waals surface area contributed by atoms with Crippen LogP contribution in [0.2, 0.25) is 0 Å². The molecule has 0 spiro atoms. The van der Waals surface area contributed by atoms with Crippen LogP contribution in [-0.4, -0.2) is 11.6 Å². The van der Waals surface area contributed by atoms with Crippen molar-refractivity contribution in [3.05, 3.63) is 0 Å². The van der Waals surface area contributed by atoms with Gasteiger partial charge in [-0.25, -0.2) is 0 Å². The van der Waals surface area contributed by atoms with Gasteiger partial charge in [0, 0.05) is 0 Å². The van der Waals surface area contributed by atoms with Gasteiger partial charge in [-0.15, -0.1) is 0 Å². The van der Waals surface area contributed by atoms with Gasteiger partial charge in [-0.3, -0.25) is 4.79 Å². The molecule has 0 radical (unpaired) electrons. The molecular weight excluding hydrogens is 164 g/mol. The Balaban J connectivity index is 2.51. The number of hydrogen-bond donors (Lipinski definition) is 0. The van der Waals surface area contributed by atoms with Crippen molar-refractivity contribution in [1.29, 1.82) is 0 Å². The molecule has 0 aliphatic heterocycles. The maximum Gasteiger partial charge on any atom is 0.312 e. The fraction of sp³-hybridized carbons (Fsp3) is 0.909. The first-order valence-corrected chi connectivity index (χ1v) is 5.03. The standard InChI is InChI=1S/C11H20O2/c1-6-8-7-11(8,5)9(12)13-10(2,3)4/h8H,6-7H2,1-5H3/t8-,11-/m0/s1. The number of esters is 1. The quantitative estimate of drug-likeness (QED) is 0.617. The van der Waals surface area contributed by atoms with E-state index in [0.29, 0.717) is 5.92 Å². The zero-order valence-electron chi connectivity index (χ0n) is 9.31. The first kappa shape index (κ1) is 10.6. The minimum atomic E-state index is -0.346. The molecule has 0 bridgehead atoms. The summed E-state index contributed by atoms with van der Waals surface area (Å²) in [6, 6.07) is 0. The van der Waals surface area contributed by atoms with E-state index in [1.54, 1.807) is 0 Å². The predicted octanol–water partition coefficient (Wildman–Crippen LogP) is 2.76. The van der Waals surface area contributed by atoms with E-state index < -0.39 is 0 Å². The highest BCUT2D eigenvalue weighted by atomic mass is 16.6. The van der Waals surface area contributed by atoms with Crippen LogP contribution < -0.4 is 0 Å². The van der Waals surface area contributed by atoms with E-state index >= 15 is 0 Å². The molecule has 1 fully saturated rings. The Morgan fingerprint density at radius 3 is 2.38 bits per heavy atom. The van der Waals surface area contributed by atoms with E-state index in [2.05, 4.69) is 6.92 Å². The monoisotopic (exact) mass is 184 g/mol. The number of carbonyl (C=O) groups is 1. The van der Waals surface area contributed by atoms with Crippen LogP contribution in [0.25, 0.3) is 0 Å². The summed E-state index contributed by atoms with van der Waals surface area (Å²) < 4.78 is 5.36. The van der Waals surface area contributed by atoms with Crippen LogP contribution >= 0.6 is 0 Å². The largest absolute Gasteiger partial charge is 0.460 e. The lowest BCUT2D eigenvalue weighted by atomic mass is 10.1. The lowest BCUT2D eigenvalue weighted by molar-refractivity contribution is -0.161. The van der Waals surface area contributed by atoms with E-state index in [0.717, 1.165) is 12.8 Å². The number of hydrogen-bond acceptors (Lipinski definition) is 2. The van der Waals surface area contributed by atoms with Crippen LogP contribution in [-0.2, 0) is 9.53 Å². The van der Waals surface area contributed by atoms with Crippen molar-refractivity contribution in [1.82, 2.24) is 0 Å². The second-order valence-electron chi connectivity index (χ2n) is 5.23. The molecule has 1 aliphatic carbocycles. The summed E-state index contributed by atoms with van der Waals surface area (Å²) in [5, 5.41) is 0. The molecule has 0 amide bonds. The summed E-state index contributed by atoms with van der Waals surface area (Å²) in [4.78, 5) is 11.7. The topological polar surface area (TPSA) is 26.3 Å². The molecular formula is C11H20O2. The van der Waals surface area contributed by atoms with Gasteiger partial charge in [-0.05, 0) is 40.0 Å². The van der Waals surface area contributed by atoms with Gasteiger partial charge >= 0.3 is 5.97 Å². The van der Waals surface area contributed by atoms with Gasteiger partial charge in [-0.2, -0.15) is 0 Å². The summed E-state index contributed by atoms with van der Waals surface area (Å²) in [5.74, 6) is 0.522. The molecule has 0 aromatic heterocycles. The van der Waals surface area contributed by atoms with Crippen LogP contribution in [0.5, 0.6) is 0 Å². The second-order valence-corrected chi connectivity index (χ2v) is 5.23. The molecule has 0 N–H and O–H groups in total. The zero-order valence-corrected chi connectivity index (χ0v) is 9.31. The molecule has 76 valence electrons. The molecule has 2 atom stereocenters. The Labute approximate surface area is 80.7 Å². The summed E-state index contributed by atoms with van der Waals surface area (Å²) in [6.45, 7) is 9.88. The third-order valence-electron chi connectivity index (χ3n) is 2.77. The molecule has 1 saturated carbocycles. The number of carbonyl (C=O) groups excluding carboxylic acids is 1. The first-order chi connectivity index (χ1) is 5.79. The van der Waals surface area contributed by atoms with E-state index in [-0.39, 0.29) is 17.0 Å². The van der Waals surface area contributed by atoms with E-state index in [9.17, 15) is 4.79 Å². The molecule has 0 saturated heterocycles. The molecule has 0 unspecified atom stereocenters. The van der Waals surface area contributed by atoms with Crippen molar-refractivity contribution in [2.45, 2.75) is 53.1 Å². The van der Waals surface area contributed by atoms with E-state index in [1.165, 1.54) is 0 Å². The Kier molecular flexibility index (Phi) is 2.44. The van der Waals surface area contributed by atoms with Crippen molar-refractivity contribution in [3.8, 4) is 0 Å². The molecule has 1 rings (SSSR count). The van der Waals surface area contributed by atoms with Crippen molar-refractivity contribution in [2.24, 2.45) is 11.3 Å². The molecule has 2 heteroatoms. The molecule has 0 heterocycles. The first-order valence-electron chi connectivity index (χ1n) is 5.03. The maximum atomic E-state index is 11.7. The van der Waals surface area contributed by atoms with Crippen LogP contribution in [0.3, 0.4) is 0 Å².